The van der Waals surface area contributed by atoms with Crippen LogP contribution in [0.1, 0.15) is 128 Å². The molecule has 2 aliphatic heterocycles. The van der Waals surface area contributed by atoms with Crippen LogP contribution < -0.4 is 26.2 Å². The lowest BCUT2D eigenvalue weighted by Gasteiger charge is -2.46. The lowest BCUT2D eigenvalue weighted by molar-refractivity contribution is 0.568. The second-order valence-corrected chi connectivity index (χ2v) is 28.1. The summed E-state index contributed by atoms with van der Waals surface area (Å²) in [6, 6.07) is 83.1. The summed E-state index contributed by atoms with van der Waals surface area (Å²) < 4.78 is 0. The van der Waals surface area contributed by atoms with Gasteiger partial charge in [-0.2, -0.15) is 0 Å². The molecule has 0 aromatic heterocycles. The summed E-state index contributed by atoms with van der Waals surface area (Å²) in [5, 5.41) is 4.98. The Hall–Kier alpha value is -8.40. The van der Waals surface area contributed by atoms with Gasteiger partial charge in [0.1, 0.15) is 0 Å². The van der Waals surface area contributed by atoms with Crippen molar-refractivity contribution in [2.45, 2.75) is 110 Å². The maximum absolute atomic E-state index is 2.71. The number of hydrogen-bond donors (Lipinski definition) is 0. The molecule has 2 nitrogen and oxygen atoms in total. The molecule has 11 aromatic rings. The summed E-state index contributed by atoms with van der Waals surface area (Å²) in [4.78, 5) is 5.42. The molecule has 15 rings (SSSR count). The molecule has 400 valence electrons. The van der Waals surface area contributed by atoms with Gasteiger partial charge in [0.15, 0.2) is 0 Å². The van der Waals surface area contributed by atoms with E-state index in [1.807, 2.05) is 0 Å². The van der Waals surface area contributed by atoms with Crippen molar-refractivity contribution in [2.75, 3.05) is 9.80 Å². The Kier molecular flexibility index (Phi) is 10.7. The third-order valence-corrected chi connectivity index (χ3v) is 19.0. The molecule has 0 amide bonds. The van der Waals surface area contributed by atoms with Crippen LogP contribution in [0, 0.1) is 0 Å². The van der Waals surface area contributed by atoms with Gasteiger partial charge in [-0.1, -0.05) is 259 Å². The molecule has 0 unspecified atom stereocenters. The minimum atomic E-state index is -0.482. The van der Waals surface area contributed by atoms with E-state index in [9.17, 15) is 0 Å². The van der Waals surface area contributed by atoms with E-state index >= 15 is 0 Å². The van der Waals surface area contributed by atoms with Gasteiger partial charge in [-0.3, -0.25) is 0 Å². The van der Waals surface area contributed by atoms with Crippen LogP contribution in [0.25, 0.3) is 54.9 Å². The van der Waals surface area contributed by atoms with Gasteiger partial charge in [-0.05, 0) is 163 Å². The van der Waals surface area contributed by atoms with Crippen LogP contribution in [0.4, 0.5) is 34.1 Å². The highest BCUT2D eigenvalue weighted by atomic mass is 15.2. The zero-order valence-electron chi connectivity index (χ0n) is 49.7. The number of nitrogens with zero attached hydrogens (tertiary/aromatic N) is 2. The van der Waals surface area contributed by atoms with Crippen LogP contribution in [-0.2, 0) is 27.1 Å². The molecule has 2 heterocycles. The summed E-state index contributed by atoms with van der Waals surface area (Å²) in [5.41, 5.74) is 28.8. The molecule has 0 N–H and O–H groups in total. The van der Waals surface area contributed by atoms with Crippen LogP contribution in [0.15, 0.2) is 212 Å². The summed E-state index contributed by atoms with van der Waals surface area (Å²) in [5.74, 6) is 0. The fourth-order valence-corrected chi connectivity index (χ4v) is 14.8. The van der Waals surface area contributed by atoms with Gasteiger partial charge in [0.25, 0.3) is 6.71 Å². The molecule has 0 saturated carbocycles. The molecule has 2 aliphatic carbocycles. The minimum absolute atomic E-state index is 0.0801. The zero-order valence-corrected chi connectivity index (χ0v) is 49.7. The largest absolute Gasteiger partial charge is 0.311 e. The van der Waals surface area contributed by atoms with E-state index < -0.39 is 5.41 Å². The number of benzene rings is 11. The molecule has 0 bridgehead atoms. The zero-order chi connectivity index (χ0) is 56.6. The van der Waals surface area contributed by atoms with Crippen molar-refractivity contribution in [3.63, 3.8) is 0 Å². The Morgan fingerprint density at radius 3 is 1.13 bits per heavy atom. The van der Waals surface area contributed by atoms with Crippen LogP contribution >= 0.6 is 0 Å². The summed E-state index contributed by atoms with van der Waals surface area (Å²) in [6.07, 6.45) is 0. The number of fused-ring (bicyclic) bond motifs is 18. The topological polar surface area (TPSA) is 6.48 Å². The Balaban J connectivity index is 1.13. The van der Waals surface area contributed by atoms with Gasteiger partial charge >= 0.3 is 0 Å². The van der Waals surface area contributed by atoms with E-state index in [-0.39, 0.29) is 28.4 Å². The predicted molar refractivity (Wildman–Crippen MR) is 352 cm³/mol. The van der Waals surface area contributed by atoms with Gasteiger partial charge in [0, 0.05) is 44.9 Å². The van der Waals surface area contributed by atoms with E-state index in [2.05, 4.69) is 305 Å². The average molecular weight is 1060 g/mol. The second kappa shape index (κ2) is 17.3. The molecule has 0 atom stereocenters. The van der Waals surface area contributed by atoms with Crippen molar-refractivity contribution in [1.82, 2.24) is 0 Å². The molecule has 0 radical (unpaired) electrons. The van der Waals surface area contributed by atoms with Gasteiger partial charge in [0.05, 0.1) is 5.41 Å². The van der Waals surface area contributed by atoms with E-state index in [0.29, 0.717) is 0 Å². The monoisotopic (exact) mass is 1060 g/mol. The third kappa shape index (κ3) is 7.20. The number of rotatable bonds is 3. The van der Waals surface area contributed by atoms with Crippen LogP contribution in [0.5, 0.6) is 0 Å². The third-order valence-electron chi connectivity index (χ3n) is 19.0. The summed E-state index contributed by atoms with van der Waals surface area (Å²) >= 11 is 0. The quantitative estimate of drug-likeness (QED) is 0.163. The van der Waals surface area contributed by atoms with Gasteiger partial charge in [-0.25, -0.2) is 0 Å². The summed E-state index contributed by atoms with van der Waals surface area (Å²) in [7, 11) is 0. The maximum atomic E-state index is 2.71. The highest BCUT2D eigenvalue weighted by molar-refractivity contribution is 7.00. The lowest BCUT2D eigenvalue weighted by Crippen LogP contribution is -2.61. The number of hydrogen-bond acceptors (Lipinski definition) is 2. The molecule has 0 saturated heterocycles. The van der Waals surface area contributed by atoms with Crippen molar-refractivity contribution >= 4 is 78.8 Å². The predicted octanol–water partition coefficient (Wildman–Crippen LogP) is 19.3. The minimum Gasteiger partial charge on any atom is -0.311 e. The molecule has 3 heteroatoms. The lowest BCUT2D eigenvalue weighted by atomic mass is 9.33. The van der Waals surface area contributed by atoms with E-state index in [0.717, 1.165) is 0 Å². The first-order valence-corrected chi connectivity index (χ1v) is 29.8. The maximum Gasteiger partial charge on any atom is 0.252 e. The first kappa shape index (κ1) is 50.6. The fraction of sp³-hybridized carbons (Fsp3) is 0.215. The van der Waals surface area contributed by atoms with Crippen molar-refractivity contribution in [1.29, 1.82) is 0 Å². The fourth-order valence-electron chi connectivity index (χ4n) is 14.8. The smallest absolute Gasteiger partial charge is 0.252 e. The Morgan fingerprint density at radius 1 is 0.329 bits per heavy atom. The van der Waals surface area contributed by atoms with Crippen LogP contribution in [-0.4, -0.2) is 6.71 Å². The van der Waals surface area contributed by atoms with Crippen molar-refractivity contribution in [3.05, 3.63) is 257 Å². The molecule has 4 aliphatic rings. The van der Waals surface area contributed by atoms with Crippen molar-refractivity contribution < 1.29 is 0 Å². The molecule has 82 heavy (non-hydrogen) atoms. The molecular formula is C79H71BN2. The van der Waals surface area contributed by atoms with Crippen molar-refractivity contribution in [3.8, 4) is 33.4 Å². The van der Waals surface area contributed by atoms with Crippen molar-refractivity contribution in [2.24, 2.45) is 0 Å². The number of anilines is 6. The molecule has 0 fully saturated rings. The molecule has 1 spiro atoms. The Labute approximate surface area is 486 Å². The van der Waals surface area contributed by atoms with Gasteiger partial charge in [-0.15, -0.1) is 0 Å². The molecular weight excluding hydrogens is 988 g/mol. The first-order valence-electron chi connectivity index (χ1n) is 29.8. The average Bonchev–Trinajstić information content (AvgIpc) is 3.83. The van der Waals surface area contributed by atoms with Crippen LogP contribution in [0.2, 0.25) is 0 Å². The van der Waals surface area contributed by atoms with E-state index in [4.69, 9.17) is 0 Å². The van der Waals surface area contributed by atoms with E-state index in [1.165, 1.54) is 150 Å². The Bertz CT molecular complexity index is 4230. The highest BCUT2D eigenvalue weighted by Crippen LogP contribution is 2.64. The first-order chi connectivity index (χ1) is 39.2. The van der Waals surface area contributed by atoms with Gasteiger partial charge in [0.2, 0.25) is 0 Å². The van der Waals surface area contributed by atoms with E-state index in [1.54, 1.807) is 0 Å². The molecule has 11 aromatic carbocycles. The Morgan fingerprint density at radius 2 is 0.695 bits per heavy atom. The summed E-state index contributed by atoms with van der Waals surface area (Å²) in [6.45, 7) is 28.4. The normalized spacial score (nSPS) is 14.6. The highest BCUT2D eigenvalue weighted by Gasteiger charge is 2.53. The van der Waals surface area contributed by atoms with Crippen LogP contribution in [0.3, 0.4) is 0 Å². The SMILES string of the molecule is CC(C)(C)c1cc(N2c3cc(-c4cccc5c4-c4ccccc4C54c5ccccc5-c5ccccc54)cc4c3B(c3ccc5ccccc5c32)c2ccc3ccccc3c2N4c2cc(C(C)(C)C)cc(C(C)(C)C)c2)cc(C(C)(C)C)c1. The van der Waals surface area contributed by atoms with Gasteiger partial charge < -0.3 is 9.80 Å². The second-order valence-electron chi connectivity index (χ2n) is 28.1. The standard InChI is InChI=1S/C79H71BN2/c1-75(2,3)51-42-52(76(4,5)6)45-55(44-51)81-69-40-50(57-31-23-35-66-71(57)62-30-19-22-34-65(62)79(66)63-32-20-17-28-60(63)61-29-18-21-33-64(61)79)41-70-72(69)80(67-38-36-48-24-13-15-26-58(48)73(67)81)68-39-37-49-25-14-16-27-59(49)74(68)82(70)56-46-53(77(7,8)9)43-54(47-56)78(10,11)12/h13-47H,1-12H3.